The molecule has 4 aromatic rings. The molecule has 0 bridgehead atoms. The summed E-state index contributed by atoms with van der Waals surface area (Å²) in [5, 5.41) is 0.297. The van der Waals surface area contributed by atoms with Crippen LogP contribution in [0.4, 0.5) is 18.9 Å². The minimum absolute atomic E-state index is 0.0469. The van der Waals surface area contributed by atoms with Gasteiger partial charge in [-0.15, -0.1) is 0 Å². The highest BCUT2D eigenvalue weighted by atomic mass is 35.5. The van der Waals surface area contributed by atoms with E-state index in [0.29, 0.717) is 10.6 Å². The molecule has 0 fully saturated rings. The van der Waals surface area contributed by atoms with Gasteiger partial charge in [-0.05, 0) is 80.1 Å². The summed E-state index contributed by atoms with van der Waals surface area (Å²) in [5.41, 5.74) is -0.138. The molecule has 1 unspecified atom stereocenters. The first kappa shape index (κ1) is 32.3. The fourth-order valence-corrected chi connectivity index (χ4v) is 7.35. The Bertz CT molecular complexity index is 1790. The normalized spacial score (nSPS) is 12.7. The van der Waals surface area contributed by atoms with Gasteiger partial charge in [0, 0.05) is 30.2 Å². The molecular weight excluding hydrogens is 625 g/mol. The van der Waals surface area contributed by atoms with Crippen molar-refractivity contribution in [2.24, 2.45) is 0 Å². The first-order valence-electron chi connectivity index (χ1n) is 13.0. The Balaban J connectivity index is 1.58. The summed E-state index contributed by atoms with van der Waals surface area (Å²) >= 11 is 5.94. The van der Waals surface area contributed by atoms with Crippen LogP contribution in [-0.4, -0.2) is 41.3 Å². The van der Waals surface area contributed by atoms with Crippen LogP contribution in [0, 0.1) is 17.5 Å². The standard InChI is InChI=1S/C30H28ClF3N2O5S2/c1-21(36(29-20-24(33)12-17-28(29)34)43(39,40)26-13-8-22(31)9-14-26)27-6-3-4-7-30(27)41-19-5-18-35(2)42(37,38)25-15-10-23(32)11-16-25/h3-4,6-17,20-21H,5,18-19H2,1-2H3. The number of nitrogens with zero attached hydrogens (tertiary/aromatic N) is 2. The Morgan fingerprint density at radius 1 is 0.791 bits per heavy atom. The lowest BCUT2D eigenvalue weighted by molar-refractivity contribution is 0.292. The van der Waals surface area contributed by atoms with Crippen molar-refractivity contribution in [2.45, 2.75) is 29.2 Å². The molecule has 0 heterocycles. The number of ether oxygens (including phenoxy) is 1. The number of sulfonamides is 2. The first-order valence-corrected chi connectivity index (χ1v) is 16.3. The zero-order valence-electron chi connectivity index (χ0n) is 23.1. The number of anilines is 1. The third kappa shape index (κ3) is 7.32. The highest BCUT2D eigenvalue weighted by molar-refractivity contribution is 7.92. The van der Waals surface area contributed by atoms with Crippen LogP contribution in [0.3, 0.4) is 0 Å². The van der Waals surface area contributed by atoms with Crippen molar-refractivity contribution < 1.29 is 34.7 Å². The molecule has 0 spiro atoms. The predicted octanol–water partition coefficient (Wildman–Crippen LogP) is 6.80. The third-order valence-corrected chi connectivity index (χ3v) is 10.7. The van der Waals surface area contributed by atoms with E-state index in [2.05, 4.69) is 0 Å². The second-order valence-electron chi connectivity index (χ2n) is 9.55. The van der Waals surface area contributed by atoms with Crippen LogP contribution in [0.5, 0.6) is 5.75 Å². The quantitative estimate of drug-likeness (QED) is 0.157. The largest absolute Gasteiger partial charge is 0.493 e. The van der Waals surface area contributed by atoms with Gasteiger partial charge in [-0.1, -0.05) is 29.8 Å². The Morgan fingerprint density at radius 2 is 1.37 bits per heavy atom. The van der Waals surface area contributed by atoms with Crippen LogP contribution >= 0.6 is 11.6 Å². The lowest BCUT2D eigenvalue weighted by atomic mass is 10.1. The maximum Gasteiger partial charge on any atom is 0.264 e. The van der Waals surface area contributed by atoms with Crippen LogP contribution in [0.25, 0.3) is 0 Å². The number of hydrogen-bond acceptors (Lipinski definition) is 5. The van der Waals surface area contributed by atoms with Gasteiger partial charge in [-0.25, -0.2) is 34.3 Å². The summed E-state index contributed by atoms with van der Waals surface area (Å²) in [7, 11) is -6.90. The van der Waals surface area contributed by atoms with E-state index in [-0.39, 0.29) is 35.1 Å². The molecule has 13 heteroatoms. The van der Waals surface area contributed by atoms with Crippen LogP contribution in [-0.2, 0) is 20.0 Å². The minimum Gasteiger partial charge on any atom is -0.493 e. The Labute approximate surface area is 254 Å². The summed E-state index contributed by atoms with van der Waals surface area (Å²) in [6, 6.07) is 17.8. The van der Waals surface area contributed by atoms with Gasteiger partial charge in [-0.2, -0.15) is 0 Å². The van der Waals surface area contributed by atoms with Crippen molar-refractivity contribution in [3.05, 3.63) is 119 Å². The molecule has 0 radical (unpaired) electrons. The monoisotopic (exact) mass is 652 g/mol. The van der Waals surface area contributed by atoms with Gasteiger partial charge in [0.25, 0.3) is 10.0 Å². The summed E-state index contributed by atoms with van der Waals surface area (Å²) in [4.78, 5) is -0.237. The van der Waals surface area contributed by atoms with Crippen LogP contribution in [0.15, 0.2) is 101 Å². The van der Waals surface area contributed by atoms with Gasteiger partial charge in [0.05, 0.1) is 28.1 Å². The zero-order valence-corrected chi connectivity index (χ0v) is 25.5. The SMILES string of the molecule is CC(c1ccccc1OCCCN(C)S(=O)(=O)c1ccc(F)cc1)N(c1cc(F)ccc1F)S(=O)(=O)c1ccc(Cl)cc1. The lowest BCUT2D eigenvalue weighted by Gasteiger charge is -2.32. The average molecular weight is 653 g/mol. The molecule has 0 amide bonds. The van der Waals surface area contributed by atoms with Crippen molar-refractivity contribution in [1.82, 2.24) is 4.31 Å². The van der Waals surface area contributed by atoms with Crippen molar-refractivity contribution in [1.29, 1.82) is 0 Å². The molecule has 0 aliphatic rings. The summed E-state index contributed by atoms with van der Waals surface area (Å²) in [5.74, 6) is -2.06. The van der Waals surface area contributed by atoms with Gasteiger partial charge < -0.3 is 4.74 Å². The predicted molar refractivity (Wildman–Crippen MR) is 159 cm³/mol. The van der Waals surface area contributed by atoms with E-state index < -0.39 is 49.2 Å². The van der Waals surface area contributed by atoms with Crippen LogP contribution < -0.4 is 9.04 Å². The van der Waals surface area contributed by atoms with Crippen molar-refractivity contribution in [2.75, 3.05) is 24.5 Å². The third-order valence-electron chi connectivity index (χ3n) is 6.63. The van der Waals surface area contributed by atoms with E-state index >= 15 is 4.39 Å². The second-order valence-corrected chi connectivity index (χ2v) is 13.8. The zero-order chi connectivity index (χ0) is 31.4. The van der Waals surface area contributed by atoms with E-state index in [1.54, 1.807) is 24.3 Å². The maximum absolute atomic E-state index is 15.1. The number of hydrogen-bond donors (Lipinski definition) is 0. The van der Waals surface area contributed by atoms with Crippen LogP contribution in [0.2, 0.25) is 5.02 Å². The Kier molecular flexibility index (Phi) is 10.1. The lowest BCUT2D eigenvalue weighted by Crippen LogP contribution is -2.34. The first-order chi connectivity index (χ1) is 20.3. The fourth-order valence-electron chi connectivity index (χ4n) is 4.38. The number of halogens is 4. The molecule has 4 aromatic carbocycles. The van der Waals surface area contributed by atoms with Gasteiger partial charge in [0.2, 0.25) is 10.0 Å². The van der Waals surface area contributed by atoms with Gasteiger partial charge in [0.1, 0.15) is 23.2 Å². The smallest absolute Gasteiger partial charge is 0.264 e. The highest BCUT2D eigenvalue weighted by Gasteiger charge is 2.34. The summed E-state index contributed by atoms with van der Waals surface area (Å²) < 4.78 is 104. The highest BCUT2D eigenvalue weighted by Crippen LogP contribution is 2.38. The van der Waals surface area contributed by atoms with Gasteiger partial charge in [-0.3, -0.25) is 4.31 Å². The molecule has 4 rings (SSSR count). The Hall–Kier alpha value is -3.58. The van der Waals surface area contributed by atoms with E-state index in [9.17, 15) is 25.6 Å². The minimum atomic E-state index is -4.44. The summed E-state index contributed by atoms with van der Waals surface area (Å²) in [6.07, 6.45) is 0.255. The number of rotatable bonds is 12. The average Bonchev–Trinajstić information content (AvgIpc) is 2.97. The van der Waals surface area contributed by atoms with Gasteiger partial charge in [0.15, 0.2) is 0 Å². The van der Waals surface area contributed by atoms with Crippen molar-refractivity contribution in [3.8, 4) is 5.75 Å². The topological polar surface area (TPSA) is 84.0 Å². The molecule has 7 nitrogen and oxygen atoms in total. The van der Waals surface area contributed by atoms with E-state index in [0.717, 1.165) is 38.9 Å². The van der Waals surface area contributed by atoms with E-state index in [4.69, 9.17) is 16.3 Å². The molecular formula is C30H28ClF3N2O5S2. The molecule has 0 aliphatic carbocycles. The molecule has 43 heavy (non-hydrogen) atoms. The second kappa shape index (κ2) is 13.4. The Morgan fingerprint density at radius 3 is 2.05 bits per heavy atom. The molecule has 0 saturated heterocycles. The molecule has 228 valence electrons. The maximum atomic E-state index is 15.1. The van der Waals surface area contributed by atoms with Crippen LogP contribution in [0.1, 0.15) is 24.9 Å². The van der Waals surface area contributed by atoms with E-state index in [1.807, 2.05) is 0 Å². The van der Waals surface area contributed by atoms with Gasteiger partial charge >= 0.3 is 0 Å². The van der Waals surface area contributed by atoms with Crippen molar-refractivity contribution >= 4 is 37.3 Å². The molecule has 1 atom stereocenters. The molecule has 0 saturated carbocycles. The summed E-state index contributed by atoms with van der Waals surface area (Å²) in [6.45, 7) is 1.64. The molecule has 0 aliphatic heterocycles. The number of benzene rings is 4. The van der Waals surface area contributed by atoms with Crippen molar-refractivity contribution in [3.63, 3.8) is 0 Å². The molecule has 0 aromatic heterocycles. The number of para-hydroxylation sites is 1. The fraction of sp³-hybridized carbons (Fsp3) is 0.200. The molecule has 0 N–H and O–H groups in total. The van der Waals surface area contributed by atoms with E-state index in [1.165, 1.54) is 50.4 Å².